The second-order valence-corrected chi connectivity index (χ2v) is 8.32. The van der Waals surface area contributed by atoms with Gasteiger partial charge in [0.15, 0.2) is 0 Å². The molecule has 0 spiro atoms. The molecule has 2 atom stereocenters. The Balaban J connectivity index is 1.90. The molecule has 1 saturated carbocycles. The van der Waals surface area contributed by atoms with Crippen LogP contribution in [0, 0.1) is 5.92 Å². The minimum atomic E-state index is -0.677. The highest BCUT2D eigenvalue weighted by Gasteiger charge is 2.25. The van der Waals surface area contributed by atoms with E-state index in [2.05, 4.69) is 10.6 Å². The maximum atomic E-state index is 12.2. The van der Waals surface area contributed by atoms with Gasteiger partial charge in [0.25, 0.3) is 0 Å². The standard InChI is InChI=1S/C21H34N2O3/c1-21(2,3)26-20(25)23-18(13-16-9-5-4-6-10-16)19(24)15-22-14-17-11-7-8-12-17/h4-6,9-10,17-19,22,24H,7-8,11-15H2,1-3H3,(H,23,25)/t18-,19+/m0/s1. The van der Waals surface area contributed by atoms with Crippen molar-refractivity contribution in [1.82, 2.24) is 10.6 Å². The van der Waals surface area contributed by atoms with Crippen LogP contribution in [0.1, 0.15) is 52.0 Å². The average molecular weight is 363 g/mol. The van der Waals surface area contributed by atoms with Gasteiger partial charge >= 0.3 is 6.09 Å². The molecular formula is C21H34N2O3. The zero-order chi connectivity index (χ0) is 19.0. The fraction of sp³-hybridized carbons (Fsp3) is 0.667. The van der Waals surface area contributed by atoms with E-state index in [1.54, 1.807) is 0 Å². The summed E-state index contributed by atoms with van der Waals surface area (Å²) >= 11 is 0. The second-order valence-electron chi connectivity index (χ2n) is 8.32. The van der Waals surface area contributed by atoms with Crippen LogP contribution in [0.4, 0.5) is 4.79 Å². The molecule has 0 heterocycles. The summed E-state index contributed by atoms with van der Waals surface area (Å²) < 4.78 is 5.36. The Hall–Kier alpha value is -1.59. The summed E-state index contributed by atoms with van der Waals surface area (Å²) in [5.74, 6) is 0.716. The maximum absolute atomic E-state index is 12.2. The van der Waals surface area contributed by atoms with Crippen LogP contribution in [-0.4, -0.2) is 42.0 Å². The van der Waals surface area contributed by atoms with Gasteiger partial charge in [0, 0.05) is 6.54 Å². The number of amides is 1. The molecule has 0 unspecified atom stereocenters. The van der Waals surface area contributed by atoms with Crippen molar-refractivity contribution in [3.63, 3.8) is 0 Å². The number of carbonyl (C=O) groups is 1. The first-order valence-electron chi connectivity index (χ1n) is 9.76. The highest BCUT2D eigenvalue weighted by Crippen LogP contribution is 2.23. The molecule has 1 aliphatic rings. The van der Waals surface area contributed by atoms with Crippen LogP contribution in [0.15, 0.2) is 30.3 Å². The summed E-state index contributed by atoms with van der Waals surface area (Å²) in [6, 6.07) is 9.49. The third kappa shape index (κ3) is 7.75. The minimum absolute atomic E-state index is 0.400. The lowest BCUT2D eigenvalue weighted by Gasteiger charge is -2.27. The van der Waals surface area contributed by atoms with Crippen LogP contribution >= 0.6 is 0 Å². The maximum Gasteiger partial charge on any atom is 0.407 e. The van der Waals surface area contributed by atoms with E-state index >= 15 is 0 Å². The van der Waals surface area contributed by atoms with Crippen molar-refractivity contribution in [1.29, 1.82) is 0 Å². The van der Waals surface area contributed by atoms with Gasteiger partial charge in [0.2, 0.25) is 0 Å². The minimum Gasteiger partial charge on any atom is -0.444 e. The first-order valence-corrected chi connectivity index (χ1v) is 9.76. The first kappa shape index (κ1) is 20.7. The summed E-state index contributed by atoms with van der Waals surface area (Å²) in [5.41, 5.74) is 0.510. The van der Waals surface area contributed by atoms with E-state index in [-0.39, 0.29) is 0 Å². The Labute approximate surface area is 157 Å². The van der Waals surface area contributed by atoms with Crippen molar-refractivity contribution in [3.8, 4) is 0 Å². The fourth-order valence-corrected chi connectivity index (χ4v) is 3.40. The van der Waals surface area contributed by atoms with E-state index in [1.165, 1.54) is 25.7 Å². The van der Waals surface area contributed by atoms with Gasteiger partial charge in [-0.3, -0.25) is 0 Å². The summed E-state index contributed by atoms with van der Waals surface area (Å²) in [5, 5.41) is 16.9. The van der Waals surface area contributed by atoms with Gasteiger partial charge < -0.3 is 20.5 Å². The molecule has 5 heteroatoms. The number of aliphatic hydroxyl groups is 1. The predicted molar refractivity (Wildman–Crippen MR) is 104 cm³/mol. The molecule has 1 amide bonds. The van der Waals surface area contributed by atoms with Gasteiger partial charge in [0.1, 0.15) is 5.60 Å². The number of rotatable bonds is 8. The fourth-order valence-electron chi connectivity index (χ4n) is 3.40. The van der Waals surface area contributed by atoms with Crippen LogP contribution in [-0.2, 0) is 11.2 Å². The van der Waals surface area contributed by atoms with Gasteiger partial charge in [-0.15, -0.1) is 0 Å². The molecule has 0 aromatic heterocycles. The number of hydrogen-bond donors (Lipinski definition) is 3. The molecule has 1 fully saturated rings. The molecule has 1 aromatic rings. The van der Waals surface area contributed by atoms with Gasteiger partial charge in [-0.2, -0.15) is 0 Å². The molecule has 5 nitrogen and oxygen atoms in total. The SMILES string of the molecule is CC(C)(C)OC(=O)N[C@@H](Cc1ccccc1)[C@H](O)CNCC1CCCC1. The number of alkyl carbamates (subject to hydrolysis) is 1. The van der Waals surface area contributed by atoms with Gasteiger partial charge in [0.05, 0.1) is 12.1 Å². The number of benzene rings is 1. The van der Waals surface area contributed by atoms with E-state index in [0.717, 1.165) is 12.1 Å². The topological polar surface area (TPSA) is 70.6 Å². The van der Waals surface area contributed by atoms with Crippen molar-refractivity contribution in [2.24, 2.45) is 5.92 Å². The van der Waals surface area contributed by atoms with Crippen LogP contribution in [0.5, 0.6) is 0 Å². The highest BCUT2D eigenvalue weighted by molar-refractivity contribution is 5.68. The summed E-state index contributed by atoms with van der Waals surface area (Å²) in [7, 11) is 0. The third-order valence-corrected chi connectivity index (χ3v) is 4.73. The lowest BCUT2D eigenvalue weighted by atomic mass is 10.0. The van der Waals surface area contributed by atoms with Crippen molar-refractivity contribution >= 4 is 6.09 Å². The van der Waals surface area contributed by atoms with Crippen molar-refractivity contribution < 1.29 is 14.6 Å². The normalized spacial score (nSPS) is 17.7. The quantitative estimate of drug-likeness (QED) is 0.664. The smallest absolute Gasteiger partial charge is 0.407 e. The number of nitrogens with one attached hydrogen (secondary N) is 2. The van der Waals surface area contributed by atoms with Gasteiger partial charge in [-0.1, -0.05) is 43.2 Å². The number of hydrogen-bond acceptors (Lipinski definition) is 4. The molecule has 0 saturated heterocycles. The Kier molecular flexibility index (Phi) is 7.91. The van der Waals surface area contributed by atoms with Gasteiger partial charge in [-0.25, -0.2) is 4.79 Å². The van der Waals surface area contributed by atoms with Crippen LogP contribution in [0.25, 0.3) is 0 Å². The van der Waals surface area contributed by atoms with Gasteiger partial charge in [-0.05, 0) is 58.1 Å². The Morgan fingerprint density at radius 3 is 2.50 bits per heavy atom. The molecule has 3 N–H and O–H groups in total. The first-order chi connectivity index (χ1) is 12.3. The predicted octanol–water partition coefficient (Wildman–Crippen LogP) is 3.26. The molecule has 0 bridgehead atoms. The Bertz CT molecular complexity index is 536. The largest absolute Gasteiger partial charge is 0.444 e. The molecule has 2 rings (SSSR count). The lowest BCUT2D eigenvalue weighted by molar-refractivity contribution is 0.0422. The second kappa shape index (κ2) is 9.93. The zero-order valence-electron chi connectivity index (χ0n) is 16.3. The number of carbonyl (C=O) groups excluding carboxylic acids is 1. The molecule has 0 aliphatic heterocycles. The molecule has 1 aliphatic carbocycles. The van der Waals surface area contributed by atoms with Crippen molar-refractivity contribution in [2.45, 2.75) is 70.6 Å². The van der Waals surface area contributed by atoms with Crippen LogP contribution in [0.3, 0.4) is 0 Å². The molecule has 1 aromatic carbocycles. The number of ether oxygens (including phenoxy) is 1. The average Bonchev–Trinajstić information content (AvgIpc) is 3.06. The lowest BCUT2D eigenvalue weighted by Crippen LogP contribution is -2.50. The zero-order valence-corrected chi connectivity index (χ0v) is 16.3. The molecule has 26 heavy (non-hydrogen) atoms. The van der Waals surface area contributed by atoms with E-state index in [1.807, 2.05) is 51.1 Å². The van der Waals surface area contributed by atoms with E-state index < -0.39 is 23.8 Å². The van der Waals surface area contributed by atoms with E-state index in [0.29, 0.717) is 18.9 Å². The van der Waals surface area contributed by atoms with Crippen LogP contribution < -0.4 is 10.6 Å². The third-order valence-electron chi connectivity index (χ3n) is 4.73. The Morgan fingerprint density at radius 1 is 1.23 bits per heavy atom. The van der Waals surface area contributed by atoms with Crippen molar-refractivity contribution in [2.75, 3.05) is 13.1 Å². The van der Waals surface area contributed by atoms with E-state index in [4.69, 9.17) is 4.74 Å². The highest BCUT2D eigenvalue weighted by atomic mass is 16.6. The number of aliphatic hydroxyl groups excluding tert-OH is 1. The van der Waals surface area contributed by atoms with E-state index in [9.17, 15) is 9.90 Å². The summed E-state index contributed by atoms with van der Waals surface area (Å²) in [4.78, 5) is 12.2. The summed E-state index contributed by atoms with van der Waals surface area (Å²) in [6.07, 6.45) is 4.56. The Morgan fingerprint density at radius 2 is 1.88 bits per heavy atom. The molecule has 146 valence electrons. The van der Waals surface area contributed by atoms with Crippen LogP contribution in [0.2, 0.25) is 0 Å². The van der Waals surface area contributed by atoms with Crippen molar-refractivity contribution in [3.05, 3.63) is 35.9 Å². The molecule has 0 radical (unpaired) electrons. The monoisotopic (exact) mass is 362 g/mol. The summed E-state index contributed by atoms with van der Waals surface area (Å²) in [6.45, 7) is 6.89. The molecular weight excluding hydrogens is 328 g/mol.